The second kappa shape index (κ2) is 9.69. The van der Waals surface area contributed by atoms with E-state index in [-0.39, 0.29) is 11.1 Å². The van der Waals surface area contributed by atoms with Crippen LogP contribution in [0.25, 0.3) is 6.08 Å². The number of rotatable bonds is 4. The Morgan fingerprint density at radius 2 is 1.97 bits per heavy atom. The van der Waals surface area contributed by atoms with Gasteiger partial charge in [-0.15, -0.1) is 0 Å². The van der Waals surface area contributed by atoms with Gasteiger partial charge >= 0.3 is 11.9 Å². The molecule has 1 aliphatic rings. The van der Waals surface area contributed by atoms with Gasteiger partial charge in [0.1, 0.15) is 11.8 Å². The molecule has 0 saturated heterocycles. The molecule has 0 unspecified atom stereocenters. The molecule has 4 rings (SSSR count). The zero-order chi connectivity index (χ0) is 24.6. The molecule has 10 heteroatoms. The molecule has 0 saturated carbocycles. The third-order valence-corrected chi connectivity index (χ3v) is 6.96. The number of halogens is 2. The highest BCUT2D eigenvalue weighted by Gasteiger charge is 2.34. The first-order chi connectivity index (χ1) is 16.2. The lowest BCUT2D eigenvalue weighted by atomic mass is 9.96. The minimum Gasteiger partial charge on any atom is -0.466 e. The number of ether oxygens (including phenoxy) is 2. The summed E-state index contributed by atoms with van der Waals surface area (Å²) in [6.07, 6.45) is 1.63. The molecule has 0 bridgehead atoms. The number of fused-ring (bicyclic) bond motifs is 1. The fourth-order valence-corrected chi connectivity index (χ4v) is 5.36. The van der Waals surface area contributed by atoms with E-state index in [1.807, 2.05) is 0 Å². The Kier molecular flexibility index (Phi) is 6.88. The van der Waals surface area contributed by atoms with Gasteiger partial charge in [-0.3, -0.25) is 14.2 Å². The maximum absolute atomic E-state index is 13.6. The van der Waals surface area contributed by atoms with E-state index in [2.05, 4.69) is 20.9 Å². The number of esters is 2. The Bertz CT molecular complexity index is 1540. The summed E-state index contributed by atoms with van der Waals surface area (Å²) in [6.45, 7) is 3.00. The van der Waals surface area contributed by atoms with E-state index in [1.165, 1.54) is 18.6 Å². The smallest absolute Gasteiger partial charge is 0.338 e. The fourth-order valence-electron chi connectivity index (χ4n) is 3.70. The van der Waals surface area contributed by atoms with Crippen LogP contribution in [0.5, 0.6) is 5.75 Å². The summed E-state index contributed by atoms with van der Waals surface area (Å²) in [4.78, 5) is 42.8. The molecule has 0 radical (unpaired) electrons. The predicted octanol–water partition coefficient (Wildman–Crippen LogP) is 3.75. The summed E-state index contributed by atoms with van der Waals surface area (Å²) in [5, 5.41) is 0.405. The standard InChI is InChI=1S/C24H18BrClN2O5S/c1-12-20(23(31)32-3)21(16-6-4-5-7-17(16)26)28-22(30)19(34-24(28)27-12)11-14-10-15(25)8-9-18(14)33-13(2)29/h4-11,21H,1-3H3/b19-11-/t21-/m1/s1. The van der Waals surface area contributed by atoms with E-state index < -0.39 is 18.0 Å². The van der Waals surface area contributed by atoms with Gasteiger partial charge in [-0.25, -0.2) is 9.79 Å². The number of methoxy groups -OCH3 is 1. The van der Waals surface area contributed by atoms with E-state index >= 15 is 0 Å². The monoisotopic (exact) mass is 560 g/mol. The second-order valence-electron chi connectivity index (χ2n) is 7.37. The number of hydrogen-bond donors (Lipinski definition) is 0. The van der Waals surface area contributed by atoms with Crippen LogP contribution in [0.4, 0.5) is 0 Å². The van der Waals surface area contributed by atoms with Crippen LogP contribution in [0.3, 0.4) is 0 Å². The van der Waals surface area contributed by atoms with E-state index in [9.17, 15) is 14.4 Å². The van der Waals surface area contributed by atoms with Crippen molar-refractivity contribution in [3.8, 4) is 5.75 Å². The predicted molar refractivity (Wildman–Crippen MR) is 133 cm³/mol. The molecule has 174 valence electrons. The summed E-state index contributed by atoms with van der Waals surface area (Å²) in [5.41, 5.74) is 1.42. The molecule has 0 N–H and O–H groups in total. The number of benzene rings is 2. The average Bonchev–Trinajstić information content (AvgIpc) is 3.09. The minimum atomic E-state index is -0.810. The van der Waals surface area contributed by atoms with E-state index in [0.29, 0.717) is 36.9 Å². The Morgan fingerprint density at radius 1 is 1.24 bits per heavy atom. The van der Waals surface area contributed by atoms with Crippen LogP contribution in [0, 0.1) is 0 Å². The summed E-state index contributed by atoms with van der Waals surface area (Å²) < 4.78 is 12.8. The molecule has 0 amide bonds. The molecule has 0 fully saturated rings. The van der Waals surface area contributed by atoms with Gasteiger partial charge in [0, 0.05) is 22.0 Å². The van der Waals surface area contributed by atoms with Gasteiger partial charge in [-0.2, -0.15) is 0 Å². The Balaban J connectivity index is 2.00. The number of hydrogen-bond acceptors (Lipinski definition) is 7. The van der Waals surface area contributed by atoms with Crippen LogP contribution in [-0.2, 0) is 14.3 Å². The second-order valence-corrected chi connectivity index (χ2v) is 9.70. The lowest BCUT2D eigenvalue weighted by Crippen LogP contribution is -2.39. The van der Waals surface area contributed by atoms with Crippen LogP contribution in [0.15, 0.2) is 68.0 Å². The normalized spacial score (nSPS) is 15.6. The summed E-state index contributed by atoms with van der Waals surface area (Å²) in [6, 6.07) is 11.3. The average molecular weight is 562 g/mol. The van der Waals surface area contributed by atoms with Crippen molar-refractivity contribution in [3.05, 3.63) is 94.0 Å². The molecule has 1 atom stereocenters. The Hall–Kier alpha value is -3.01. The van der Waals surface area contributed by atoms with Crippen molar-refractivity contribution < 1.29 is 19.1 Å². The summed E-state index contributed by atoms with van der Waals surface area (Å²) >= 11 is 11.1. The lowest BCUT2D eigenvalue weighted by molar-refractivity contribution is -0.136. The van der Waals surface area contributed by atoms with E-state index in [4.69, 9.17) is 21.1 Å². The fraction of sp³-hybridized carbons (Fsp3) is 0.167. The van der Waals surface area contributed by atoms with Gasteiger partial charge in [0.05, 0.1) is 22.9 Å². The largest absolute Gasteiger partial charge is 0.466 e. The maximum atomic E-state index is 13.6. The zero-order valence-electron chi connectivity index (χ0n) is 18.3. The zero-order valence-corrected chi connectivity index (χ0v) is 21.5. The van der Waals surface area contributed by atoms with Crippen LogP contribution in [-0.4, -0.2) is 23.6 Å². The third-order valence-electron chi connectivity index (χ3n) is 5.14. The first-order valence-electron chi connectivity index (χ1n) is 10.0. The van der Waals surface area contributed by atoms with Gasteiger partial charge in [-0.05, 0) is 42.8 Å². The number of carbonyl (C=O) groups is 2. The molecular formula is C24H18BrClN2O5S. The van der Waals surface area contributed by atoms with Gasteiger partial charge in [-0.1, -0.05) is 57.1 Å². The highest BCUT2D eigenvalue weighted by Crippen LogP contribution is 2.34. The lowest BCUT2D eigenvalue weighted by Gasteiger charge is -2.25. The number of nitrogens with zero attached hydrogens (tertiary/aromatic N) is 2. The van der Waals surface area contributed by atoms with E-state index in [0.717, 1.165) is 15.8 Å². The molecule has 7 nitrogen and oxygen atoms in total. The van der Waals surface area contributed by atoms with Gasteiger partial charge in [0.25, 0.3) is 5.56 Å². The van der Waals surface area contributed by atoms with Crippen LogP contribution in [0.1, 0.15) is 31.0 Å². The van der Waals surface area contributed by atoms with Gasteiger partial charge in [0.15, 0.2) is 4.80 Å². The van der Waals surface area contributed by atoms with Crippen molar-refractivity contribution in [2.45, 2.75) is 19.9 Å². The van der Waals surface area contributed by atoms with Crippen molar-refractivity contribution in [2.75, 3.05) is 7.11 Å². The van der Waals surface area contributed by atoms with Crippen molar-refractivity contribution in [3.63, 3.8) is 0 Å². The molecule has 1 aromatic heterocycles. The van der Waals surface area contributed by atoms with Crippen molar-refractivity contribution in [1.29, 1.82) is 0 Å². The summed E-state index contributed by atoms with van der Waals surface area (Å²) in [5.74, 6) is -0.754. The third kappa shape index (κ3) is 4.51. The van der Waals surface area contributed by atoms with Crippen molar-refractivity contribution in [2.24, 2.45) is 4.99 Å². The number of carbonyl (C=O) groups excluding carboxylic acids is 2. The van der Waals surface area contributed by atoms with E-state index in [1.54, 1.807) is 55.5 Å². The van der Waals surface area contributed by atoms with Gasteiger partial charge < -0.3 is 9.47 Å². The Morgan fingerprint density at radius 3 is 2.65 bits per heavy atom. The SMILES string of the molecule is COC(=O)C1=C(C)N=c2s/c(=C\c3cc(Br)ccc3OC(C)=O)c(=O)n2[C@@H]1c1ccccc1Cl. The van der Waals surface area contributed by atoms with Crippen molar-refractivity contribution in [1.82, 2.24) is 4.57 Å². The molecule has 1 aliphatic heterocycles. The molecular weight excluding hydrogens is 544 g/mol. The number of aromatic nitrogens is 1. The highest BCUT2D eigenvalue weighted by atomic mass is 79.9. The number of allylic oxidation sites excluding steroid dienone is 1. The maximum Gasteiger partial charge on any atom is 0.338 e. The first-order valence-corrected chi connectivity index (χ1v) is 12.0. The minimum absolute atomic E-state index is 0.234. The van der Waals surface area contributed by atoms with Gasteiger partial charge in [0.2, 0.25) is 0 Å². The first kappa shape index (κ1) is 24.1. The quantitative estimate of drug-likeness (QED) is 0.358. The van der Waals surface area contributed by atoms with Crippen molar-refractivity contribution >= 4 is 56.9 Å². The highest BCUT2D eigenvalue weighted by molar-refractivity contribution is 9.10. The topological polar surface area (TPSA) is 87.0 Å². The van der Waals surface area contributed by atoms with Crippen LogP contribution in [0.2, 0.25) is 5.02 Å². The molecule has 2 heterocycles. The molecule has 34 heavy (non-hydrogen) atoms. The molecule has 0 spiro atoms. The molecule has 2 aromatic carbocycles. The van der Waals surface area contributed by atoms with Crippen LogP contribution >= 0.6 is 38.9 Å². The summed E-state index contributed by atoms with van der Waals surface area (Å²) in [7, 11) is 1.28. The number of thiazole rings is 1. The van der Waals surface area contributed by atoms with Crippen LogP contribution < -0.4 is 19.6 Å². The molecule has 0 aliphatic carbocycles. The Labute approximate surface area is 211 Å². The molecule has 3 aromatic rings.